The first-order valence-corrected chi connectivity index (χ1v) is 9.29. The normalized spacial score (nSPS) is 22.4. The van der Waals surface area contributed by atoms with Gasteiger partial charge in [-0.2, -0.15) is 0 Å². The van der Waals surface area contributed by atoms with Gasteiger partial charge in [0.2, 0.25) is 0 Å². The molecule has 1 aromatic heterocycles. The van der Waals surface area contributed by atoms with E-state index in [4.69, 9.17) is 0 Å². The number of carbonyl (C=O) groups is 1. The van der Waals surface area contributed by atoms with Crippen molar-refractivity contribution in [3.8, 4) is 0 Å². The summed E-state index contributed by atoms with van der Waals surface area (Å²) in [6.07, 6.45) is 3.91. The number of pyridine rings is 1. The molecule has 2 atom stereocenters. The van der Waals surface area contributed by atoms with Gasteiger partial charge in [-0.3, -0.25) is 4.79 Å². The highest BCUT2D eigenvalue weighted by Crippen LogP contribution is 2.30. The monoisotopic (exact) mass is 335 g/mol. The number of hydrogen-bond acceptors (Lipinski definition) is 3. The van der Waals surface area contributed by atoms with Gasteiger partial charge >= 0.3 is 0 Å². The van der Waals surface area contributed by atoms with Gasteiger partial charge in [-0.15, -0.1) is 0 Å². The molecule has 0 fully saturated rings. The van der Waals surface area contributed by atoms with Gasteiger partial charge in [-0.1, -0.05) is 37.3 Å². The molecule has 2 aromatic rings. The van der Waals surface area contributed by atoms with Crippen LogP contribution in [0.1, 0.15) is 58.6 Å². The van der Waals surface area contributed by atoms with Crippen molar-refractivity contribution < 1.29 is 4.79 Å². The second-order valence-electron chi connectivity index (χ2n) is 7.28. The quantitative estimate of drug-likeness (QED) is 0.830. The Kier molecular flexibility index (Phi) is 4.53. The van der Waals surface area contributed by atoms with Crippen molar-refractivity contribution in [3.05, 3.63) is 64.5 Å². The Labute approximate surface area is 149 Å². The summed E-state index contributed by atoms with van der Waals surface area (Å²) in [6, 6.07) is 12.7. The van der Waals surface area contributed by atoms with E-state index in [1.165, 1.54) is 16.7 Å². The Morgan fingerprint density at radius 2 is 2.04 bits per heavy atom. The van der Waals surface area contributed by atoms with Crippen molar-refractivity contribution in [1.29, 1.82) is 0 Å². The molecule has 1 aliphatic heterocycles. The minimum atomic E-state index is -0.0432. The van der Waals surface area contributed by atoms with E-state index in [2.05, 4.69) is 46.8 Å². The standard InChI is InChI=1S/C21H25N3O/c1-14-6-8-17(12-15-4-2-3-5-18(14)15)23-21(25)20-9-7-16-13-22-11-10-19(16)24-20/h2-5,7,9,14,17,22H,6,8,10-13H2,1H3,(H,23,25). The first-order valence-electron chi connectivity index (χ1n) is 9.29. The smallest absolute Gasteiger partial charge is 0.270 e. The number of benzene rings is 1. The molecule has 4 nitrogen and oxygen atoms in total. The SMILES string of the molecule is CC1CCC(NC(=O)c2ccc3c(n2)CCNC3)Cc2ccccc21. The van der Waals surface area contributed by atoms with Crippen LogP contribution >= 0.6 is 0 Å². The number of rotatable bonds is 2. The van der Waals surface area contributed by atoms with Crippen LogP contribution in [0.25, 0.3) is 0 Å². The van der Waals surface area contributed by atoms with Crippen LogP contribution < -0.4 is 10.6 Å². The van der Waals surface area contributed by atoms with Gasteiger partial charge < -0.3 is 10.6 Å². The lowest BCUT2D eigenvalue weighted by molar-refractivity contribution is 0.0929. The molecule has 0 spiro atoms. The van der Waals surface area contributed by atoms with Gasteiger partial charge in [-0.25, -0.2) is 4.98 Å². The number of nitrogens with zero attached hydrogens (tertiary/aromatic N) is 1. The molecule has 4 heteroatoms. The molecule has 2 N–H and O–H groups in total. The molecule has 1 amide bonds. The highest BCUT2D eigenvalue weighted by Gasteiger charge is 2.23. The van der Waals surface area contributed by atoms with E-state index in [-0.39, 0.29) is 11.9 Å². The zero-order valence-corrected chi connectivity index (χ0v) is 14.7. The number of nitrogens with one attached hydrogen (secondary N) is 2. The lowest BCUT2D eigenvalue weighted by atomic mass is 9.95. The summed E-state index contributed by atoms with van der Waals surface area (Å²) < 4.78 is 0. The van der Waals surface area contributed by atoms with Crippen LogP contribution in [0.2, 0.25) is 0 Å². The summed E-state index contributed by atoms with van der Waals surface area (Å²) in [7, 11) is 0. The van der Waals surface area contributed by atoms with Gasteiger partial charge in [0, 0.05) is 31.2 Å². The number of aromatic nitrogens is 1. The zero-order chi connectivity index (χ0) is 17.2. The number of fused-ring (bicyclic) bond motifs is 2. The molecular weight excluding hydrogens is 310 g/mol. The van der Waals surface area contributed by atoms with E-state index in [0.717, 1.165) is 44.5 Å². The Bertz CT molecular complexity index is 786. The molecule has 0 saturated carbocycles. The molecule has 0 saturated heterocycles. The summed E-state index contributed by atoms with van der Waals surface area (Å²) in [4.78, 5) is 17.3. The van der Waals surface area contributed by atoms with Gasteiger partial charge in [0.25, 0.3) is 5.91 Å². The average molecular weight is 335 g/mol. The third-order valence-corrected chi connectivity index (χ3v) is 5.49. The predicted molar refractivity (Wildman–Crippen MR) is 98.7 cm³/mol. The molecular formula is C21H25N3O. The van der Waals surface area contributed by atoms with Crippen molar-refractivity contribution in [1.82, 2.24) is 15.6 Å². The van der Waals surface area contributed by atoms with E-state index < -0.39 is 0 Å². The van der Waals surface area contributed by atoms with Crippen molar-refractivity contribution in [2.75, 3.05) is 6.54 Å². The van der Waals surface area contributed by atoms with Gasteiger partial charge in [-0.05, 0) is 47.9 Å². The van der Waals surface area contributed by atoms with Crippen molar-refractivity contribution in [2.24, 2.45) is 0 Å². The van der Waals surface area contributed by atoms with E-state index in [1.807, 2.05) is 12.1 Å². The molecule has 0 radical (unpaired) electrons. The van der Waals surface area contributed by atoms with E-state index >= 15 is 0 Å². The number of hydrogen-bond donors (Lipinski definition) is 2. The number of amides is 1. The van der Waals surface area contributed by atoms with Crippen LogP contribution in [0.4, 0.5) is 0 Å². The Morgan fingerprint density at radius 3 is 2.96 bits per heavy atom. The fourth-order valence-electron chi connectivity index (χ4n) is 4.02. The first-order chi connectivity index (χ1) is 12.2. The van der Waals surface area contributed by atoms with Crippen LogP contribution in [-0.2, 0) is 19.4 Å². The molecule has 2 aliphatic rings. The minimum absolute atomic E-state index is 0.0432. The maximum absolute atomic E-state index is 12.7. The molecule has 0 bridgehead atoms. The van der Waals surface area contributed by atoms with Crippen molar-refractivity contribution in [2.45, 2.75) is 51.1 Å². The van der Waals surface area contributed by atoms with Crippen LogP contribution in [0.3, 0.4) is 0 Å². The molecule has 2 unspecified atom stereocenters. The summed E-state index contributed by atoms with van der Waals surface area (Å²) in [5, 5.41) is 6.56. The van der Waals surface area contributed by atoms with Gasteiger partial charge in [0.05, 0.1) is 0 Å². The molecule has 1 aromatic carbocycles. The summed E-state index contributed by atoms with van der Waals surface area (Å²) in [5.74, 6) is 0.505. The predicted octanol–water partition coefficient (Wildman–Crippen LogP) is 2.97. The Hall–Kier alpha value is -2.20. The van der Waals surface area contributed by atoms with Crippen LogP contribution in [-0.4, -0.2) is 23.5 Å². The van der Waals surface area contributed by atoms with Crippen LogP contribution in [0, 0.1) is 0 Å². The van der Waals surface area contributed by atoms with Gasteiger partial charge in [0.1, 0.15) is 5.69 Å². The highest BCUT2D eigenvalue weighted by molar-refractivity contribution is 5.92. The summed E-state index contributed by atoms with van der Waals surface area (Å²) >= 11 is 0. The Morgan fingerprint density at radius 1 is 1.16 bits per heavy atom. The largest absolute Gasteiger partial charge is 0.348 e. The highest BCUT2D eigenvalue weighted by atomic mass is 16.1. The minimum Gasteiger partial charge on any atom is -0.348 e. The topological polar surface area (TPSA) is 54.0 Å². The molecule has 25 heavy (non-hydrogen) atoms. The summed E-state index contributed by atoms with van der Waals surface area (Å²) in [5.41, 5.74) is 5.61. The third kappa shape index (κ3) is 3.45. The van der Waals surface area contributed by atoms with Gasteiger partial charge in [0.15, 0.2) is 0 Å². The maximum Gasteiger partial charge on any atom is 0.270 e. The Balaban J connectivity index is 1.49. The second kappa shape index (κ2) is 6.96. The van der Waals surface area contributed by atoms with Crippen LogP contribution in [0.5, 0.6) is 0 Å². The van der Waals surface area contributed by atoms with Crippen molar-refractivity contribution in [3.63, 3.8) is 0 Å². The molecule has 4 rings (SSSR count). The summed E-state index contributed by atoms with van der Waals surface area (Å²) in [6.45, 7) is 4.06. The molecule has 130 valence electrons. The van der Waals surface area contributed by atoms with Crippen LogP contribution in [0.15, 0.2) is 36.4 Å². The molecule has 1 aliphatic carbocycles. The average Bonchev–Trinajstić information content (AvgIpc) is 2.80. The second-order valence-corrected chi connectivity index (χ2v) is 7.28. The third-order valence-electron chi connectivity index (χ3n) is 5.49. The fourth-order valence-corrected chi connectivity index (χ4v) is 4.02. The molecule has 2 heterocycles. The lowest BCUT2D eigenvalue weighted by Crippen LogP contribution is -2.37. The van der Waals surface area contributed by atoms with Crippen molar-refractivity contribution >= 4 is 5.91 Å². The zero-order valence-electron chi connectivity index (χ0n) is 14.7. The maximum atomic E-state index is 12.7. The van der Waals surface area contributed by atoms with E-state index in [0.29, 0.717) is 11.6 Å². The number of carbonyl (C=O) groups excluding carboxylic acids is 1. The van der Waals surface area contributed by atoms with E-state index in [1.54, 1.807) is 0 Å². The lowest BCUT2D eigenvalue weighted by Gasteiger charge is -2.19. The van der Waals surface area contributed by atoms with E-state index in [9.17, 15) is 4.79 Å². The fraction of sp³-hybridized carbons (Fsp3) is 0.429. The first kappa shape index (κ1) is 16.3.